The lowest BCUT2D eigenvalue weighted by Crippen LogP contribution is -2.38. The number of rotatable bonds is 10. The number of hydrogen-bond acceptors (Lipinski definition) is 6. The molecule has 0 atom stereocenters. The van der Waals surface area contributed by atoms with E-state index in [9.17, 15) is 4.79 Å². The van der Waals surface area contributed by atoms with Crippen molar-refractivity contribution in [1.82, 2.24) is 24.0 Å². The van der Waals surface area contributed by atoms with Crippen LogP contribution in [0.15, 0.2) is 60.7 Å². The molecule has 1 aliphatic rings. The topological polar surface area (TPSA) is 94.6 Å². The van der Waals surface area contributed by atoms with Crippen LogP contribution in [0.25, 0.3) is 33.5 Å². The van der Waals surface area contributed by atoms with E-state index in [1.165, 1.54) is 5.69 Å². The fourth-order valence-corrected chi connectivity index (χ4v) is 6.24. The maximum absolute atomic E-state index is 11.2. The Balaban J connectivity index is 1.34. The molecule has 1 N–H and O–H groups in total. The maximum Gasteiger partial charge on any atom is 0.511 e. The molecule has 0 amide bonds. The minimum absolute atomic E-state index is 0.320. The quantitative estimate of drug-likeness (QED) is 0.137. The zero-order valence-corrected chi connectivity index (χ0v) is 26.5. The number of benzene rings is 3. The highest BCUT2D eigenvalue weighted by atomic mass is 16.7. The maximum atomic E-state index is 11.2. The molecule has 45 heavy (non-hydrogen) atoms. The highest BCUT2D eigenvalue weighted by Gasteiger charge is 2.20. The second kappa shape index (κ2) is 13.3. The first-order valence-electron chi connectivity index (χ1n) is 15.8. The molecular formula is C36H41N5O4. The van der Waals surface area contributed by atoms with E-state index in [0.717, 1.165) is 108 Å². The SMILES string of the molecule is CCCc1nc2c(C)cc(-c3nc(C)c(C)n3CCN3CCOCC3)cc2n1Cc1ccc(-c2ccccc2OC(=O)O)cc1. The van der Waals surface area contributed by atoms with Gasteiger partial charge >= 0.3 is 6.16 Å². The first-order valence-corrected chi connectivity index (χ1v) is 15.8. The third-order valence-electron chi connectivity index (χ3n) is 8.75. The molecule has 0 bridgehead atoms. The van der Waals surface area contributed by atoms with E-state index in [1.807, 2.05) is 24.3 Å². The Labute approximate surface area is 264 Å². The van der Waals surface area contributed by atoms with Gasteiger partial charge in [-0.05, 0) is 62.1 Å². The van der Waals surface area contributed by atoms with Gasteiger partial charge in [0.05, 0.1) is 29.9 Å². The molecule has 6 rings (SSSR count). The predicted octanol–water partition coefficient (Wildman–Crippen LogP) is 6.88. The Kier molecular flexibility index (Phi) is 9.00. The van der Waals surface area contributed by atoms with Crippen molar-refractivity contribution in [2.24, 2.45) is 0 Å². The van der Waals surface area contributed by atoms with Gasteiger partial charge in [-0.25, -0.2) is 14.8 Å². The van der Waals surface area contributed by atoms with Crippen LogP contribution in [0.2, 0.25) is 0 Å². The van der Waals surface area contributed by atoms with Crippen LogP contribution in [0.4, 0.5) is 4.79 Å². The highest BCUT2D eigenvalue weighted by molar-refractivity contribution is 5.85. The van der Waals surface area contributed by atoms with Crippen molar-refractivity contribution >= 4 is 17.2 Å². The number of aromatic nitrogens is 4. The average Bonchev–Trinajstić information content (AvgIpc) is 3.53. The minimum Gasteiger partial charge on any atom is -0.449 e. The molecule has 0 unspecified atom stereocenters. The Morgan fingerprint density at radius 2 is 1.69 bits per heavy atom. The van der Waals surface area contributed by atoms with Gasteiger partial charge in [-0.1, -0.05) is 49.4 Å². The van der Waals surface area contributed by atoms with Crippen LogP contribution in [-0.4, -0.2) is 68.1 Å². The van der Waals surface area contributed by atoms with E-state index in [-0.39, 0.29) is 0 Å². The summed E-state index contributed by atoms with van der Waals surface area (Å²) < 4.78 is 15.3. The van der Waals surface area contributed by atoms with Crippen molar-refractivity contribution in [3.63, 3.8) is 0 Å². The Morgan fingerprint density at radius 3 is 2.42 bits per heavy atom. The third-order valence-corrected chi connectivity index (χ3v) is 8.75. The molecule has 9 nitrogen and oxygen atoms in total. The van der Waals surface area contributed by atoms with Gasteiger partial charge in [0.2, 0.25) is 0 Å². The standard InChI is InChI=1S/C36H41N5O4/c1-5-8-33-38-34-24(2)21-29(35-37-25(3)26(4)40(35)16-15-39-17-19-44-20-18-39)22-31(34)41(33)23-27-11-13-28(14-12-27)30-9-6-7-10-32(30)45-36(42)43/h6-7,9-14,21-22H,5,8,15-20,23H2,1-4H3,(H,42,43). The average molecular weight is 608 g/mol. The lowest BCUT2D eigenvalue weighted by atomic mass is 10.0. The molecular weight excluding hydrogens is 566 g/mol. The molecule has 9 heteroatoms. The lowest BCUT2D eigenvalue weighted by Gasteiger charge is -2.27. The summed E-state index contributed by atoms with van der Waals surface area (Å²) >= 11 is 0. The lowest BCUT2D eigenvalue weighted by molar-refractivity contribution is 0.0364. The largest absolute Gasteiger partial charge is 0.511 e. The van der Waals surface area contributed by atoms with Gasteiger partial charge in [0.15, 0.2) is 0 Å². The predicted molar refractivity (Wildman–Crippen MR) is 176 cm³/mol. The Morgan fingerprint density at radius 1 is 0.933 bits per heavy atom. The number of imidazole rings is 2. The number of carbonyl (C=O) groups is 1. The van der Waals surface area contributed by atoms with Crippen LogP contribution >= 0.6 is 0 Å². The zero-order valence-electron chi connectivity index (χ0n) is 26.5. The van der Waals surface area contributed by atoms with E-state index in [1.54, 1.807) is 12.1 Å². The fourth-order valence-electron chi connectivity index (χ4n) is 6.24. The monoisotopic (exact) mass is 607 g/mol. The Bertz CT molecular complexity index is 1820. The van der Waals surface area contributed by atoms with Crippen LogP contribution < -0.4 is 4.74 Å². The molecule has 1 aliphatic heterocycles. The van der Waals surface area contributed by atoms with Crippen LogP contribution in [0.3, 0.4) is 0 Å². The minimum atomic E-state index is -1.32. The smallest absolute Gasteiger partial charge is 0.449 e. The number of carboxylic acid groups (broad SMARTS) is 1. The summed E-state index contributed by atoms with van der Waals surface area (Å²) in [6, 6.07) is 19.9. The molecule has 1 saturated heterocycles. The second-order valence-electron chi connectivity index (χ2n) is 11.8. The van der Waals surface area contributed by atoms with Crippen LogP contribution in [0, 0.1) is 20.8 Å². The van der Waals surface area contributed by atoms with E-state index in [0.29, 0.717) is 12.3 Å². The first-order chi connectivity index (χ1) is 21.8. The number of aryl methyl sites for hydroxylation is 3. The summed E-state index contributed by atoms with van der Waals surface area (Å²) in [7, 11) is 0. The number of ether oxygens (including phenoxy) is 2. The van der Waals surface area contributed by atoms with Gasteiger partial charge in [-0.15, -0.1) is 0 Å². The molecule has 3 heterocycles. The second-order valence-corrected chi connectivity index (χ2v) is 11.8. The molecule has 2 aromatic heterocycles. The van der Waals surface area contributed by atoms with Crippen LogP contribution in [-0.2, 0) is 24.2 Å². The van der Waals surface area contributed by atoms with Crippen LogP contribution in [0.1, 0.15) is 41.7 Å². The summed E-state index contributed by atoms with van der Waals surface area (Å²) in [6.45, 7) is 14.6. The number of para-hydroxylation sites is 1. The molecule has 1 fully saturated rings. The van der Waals surface area contributed by atoms with Crippen molar-refractivity contribution < 1.29 is 19.4 Å². The van der Waals surface area contributed by atoms with E-state index in [4.69, 9.17) is 24.5 Å². The highest BCUT2D eigenvalue weighted by Crippen LogP contribution is 2.32. The number of hydrogen-bond donors (Lipinski definition) is 1. The summed E-state index contributed by atoms with van der Waals surface area (Å²) in [5.41, 5.74) is 9.40. The summed E-state index contributed by atoms with van der Waals surface area (Å²) in [6.07, 6.45) is 0.557. The molecule has 234 valence electrons. The number of fused-ring (bicyclic) bond motifs is 1. The van der Waals surface area contributed by atoms with E-state index in [2.05, 4.69) is 66.0 Å². The van der Waals surface area contributed by atoms with Crippen molar-refractivity contribution in [2.45, 2.75) is 53.6 Å². The Hall–Kier alpha value is -4.47. The van der Waals surface area contributed by atoms with Gasteiger partial charge in [0.1, 0.15) is 17.4 Å². The van der Waals surface area contributed by atoms with Gasteiger partial charge in [0, 0.05) is 56.0 Å². The van der Waals surface area contributed by atoms with E-state index < -0.39 is 6.16 Å². The first kappa shape index (κ1) is 30.6. The molecule has 5 aromatic rings. The summed E-state index contributed by atoms with van der Waals surface area (Å²) in [4.78, 5) is 23.9. The van der Waals surface area contributed by atoms with Gasteiger partial charge in [0.25, 0.3) is 0 Å². The van der Waals surface area contributed by atoms with Crippen LogP contribution in [0.5, 0.6) is 5.75 Å². The van der Waals surface area contributed by atoms with E-state index >= 15 is 0 Å². The van der Waals surface area contributed by atoms with Crippen molar-refractivity contribution in [3.05, 3.63) is 89.0 Å². The molecule has 3 aromatic carbocycles. The zero-order chi connectivity index (χ0) is 31.5. The summed E-state index contributed by atoms with van der Waals surface area (Å²) in [5.74, 6) is 2.39. The van der Waals surface area contributed by atoms with Gasteiger partial charge in [-0.2, -0.15) is 0 Å². The third kappa shape index (κ3) is 6.50. The van der Waals surface area contributed by atoms with Crippen molar-refractivity contribution in [2.75, 3.05) is 32.8 Å². The molecule has 0 aliphatic carbocycles. The number of morpholine rings is 1. The summed E-state index contributed by atoms with van der Waals surface area (Å²) in [5, 5.41) is 9.16. The molecule has 0 saturated carbocycles. The fraction of sp³-hybridized carbons (Fsp3) is 0.361. The molecule has 0 spiro atoms. The van der Waals surface area contributed by atoms with Crippen molar-refractivity contribution in [3.8, 4) is 28.3 Å². The number of nitrogens with zero attached hydrogens (tertiary/aromatic N) is 5. The molecule has 0 radical (unpaired) electrons. The normalized spacial score (nSPS) is 13.9. The van der Waals surface area contributed by atoms with Gasteiger partial charge < -0.3 is 23.7 Å². The van der Waals surface area contributed by atoms with Crippen molar-refractivity contribution in [1.29, 1.82) is 0 Å². The van der Waals surface area contributed by atoms with Gasteiger partial charge in [-0.3, -0.25) is 4.90 Å².